The second kappa shape index (κ2) is 12.5. The van der Waals surface area contributed by atoms with Crippen molar-refractivity contribution in [2.75, 3.05) is 18.5 Å². The third-order valence-corrected chi connectivity index (χ3v) is 5.88. The van der Waals surface area contributed by atoms with Gasteiger partial charge in [0, 0.05) is 16.8 Å². The van der Waals surface area contributed by atoms with Gasteiger partial charge in [0.15, 0.2) is 11.5 Å². The van der Waals surface area contributed by atoms with Gasteiger partial charge in [-0.1, -0.05) is 41.4 Å². The van der Waals surface area contributed by atoms with E-state index in [9.17, 15) is 4.79 Å². The number of hydrogen-bond acceptors (Lipinski definition) is 5. The fraction of sp³-hybridized carbons (Fsp3) is 0.214. The summed E-state index contributed by atoms with van der Waals surface area (Å²) in [4.78, 5) is 12.7. The van der Waals surface area contributed by atoms with E-state index in [1.807, 2.05) is 44.2 Å². The molecular weight excluding hydrogens is 513 g/mol. The highest BCUT2D eigenvalue weighted by atomic mass is 35.5. The van der Waals surface area contributed by atoms with Crippen LogP contribution in [0.25, 0.3) is 0 Å². The van der Waals surface area contributed by atoms with Gasteiger partial charge >= 0.3 is 0 Å². The molecule has 0 unspecified atom stereocenters. The molecule has 0 aliphatic heterocycles. The van der Waals surface area contributed by atoms with Crippen molar-refractivity contribution in [3.8, 4) is 17.2 Å². The molecule has 0 fully saturated rings. The van der Waals surface area contributed by atoms with Crippen molar-refractivity contribution in [2.24, 2.45) is 0 Å². The Bertz CT molecular complexity index is 1360. The maximum atomic E-state index is 12.7. The van der Waals surface area contributed by atoms with E-state index in [1.165, 1.54) is 0 Å². The molecule has 1 aromatic heterocycles. The van der Waals surface area contributed by atoms with Crippen molar-refractivity contribution < 1.29 is 19.0 Å². The maximum Gasteiger partial charge on any atom is 0.255 e. The molecule has 0 saturated carbocycles. The number of aromatic nitrogens is 2. The highest BCUT2D eigenvalue weighted by Gasteiger charge is 2.10. The first-order chi connectivity index (χ1) is 17.9. The van der Waals surface area contributed by atoms with Gasteiger partial charge in [0.25, 0.3) is 5.91 Å². The molecule has 4 aromatic rings. The summed E-state index contributed by atoms with van der Waals surface area (Å²) < 4.78 is 18.8. The number of nitrogens with zero attached hydrogens (tertiary/aromatic N) is 2. The average Bonchev–Trinajstić information content (AvgIpc) is 3.32. The van der Waals surface area contributed by atoms with Crippen LogP contribution in [0.5, 0.6) is 17.2 Å². The lowest BCUT2D eigenvalue weighted by molar-refractivity contribution is 0.102. The Morgan fingerprint density at radius 3 is 2.30 bits per heavy atom. The quantitative estimate of drug-likeness (QED) is 0.225. The smallest absolute Gasteiger partial charge is 0.255 e. The molecule has 7 nitrogen and oxygen atoms in total. The molecule has 1 amide bonds. The third kappa shape index (κ3) is 7.18. The summed E-state index contributed by atoms with van der Waals surface area (Å²) in [6, 6.07) is 18.1. The zero-order chi connectivity index (χ0) is 26.2. The number of amides is 1. The van der Waals surface area contributed by atoms with Crippen LogP contribution < -0.4 is 19.5 Å². The molecule has 9 heteroatoms. The lowest BCUT2D eigenvalue weighted by Crippen LogP contribution is -2.11. The molecule has 1 N–H and O–H groups in total. The van der Waals surface area contributed by atoms with E-state index in [2.05, 4.69) is 10.4 Å². The van der Waals surface area contributed by atoms with E-state index in [1.54, 1.807) is 47.4 Å². The van der Waals surface area contributed by atoms with Gasteiger partial charge in [-0.3, -0.25) is 9.48 Å². The number of halogens is 2. The van der Waals surface area contributed by atoms with Crippen LogP contribution in [-0.4, -0.2) is 28.9 Å². The van der Waals surface area contributed by atoms with Gasteiger partial charge in [-0.2, -0.15) is 5.10 Å². The molecule has 1 heterocycles. The average molecular weight is 540 g/mol. The molecule has 0 aliphatic rings. The largest absolute Gasteiger partial charge is 0.490 e. The lowest BCUT2D eigenvalue weighted by atomic mass is 10.1. The summed E-state index contributed by atoms with van der Waals surface area (Å²) in [5.41, 5.74) is 3.03. The molecule has 0 saturated heterocycles. The SMILES string of the molecule is CCOc1ccc(Cn2cc(NC(=O)c3ccc(COc4ccc(Cl)cc4Cl)cc3)cn2)cc1OCC. The standard InChI is InChI=1S/C28H27Cl2N3O4/c1-3-35-26-11-7-20(13-27(26)36-4-2)16-33-17-23(15-31-33)32-28(34)21-8-5-19(6-9-21)18-37-25-12-10-22(29)14-24(25)30/h5-15,17H,3-4,16,18H2,1-2H3,(H,32,34). The molecule has 3 aromatic carbocycles. The van der Waals surface area contributed by atoms with E-state index in [0.717, 1.165) is 11.1 Å². The summed E-state index contributed by atoms with van der Waals surface area (Å²) in [6.07, 6.45) is 3.40. The highest BCUT2D eigenvalue weighted by Crippen LogP contribution is 2.29. The van der Waals surface area contributed by atoms with Crippen molar-refractivity contribution >= 4 is 34.8 Å². The van der Waals surface area contributed by atoms with Gasteiger partial charge in [0.2, 0.25) is 0 Å². The molecule has 0 radical (unpaired) electrons. The van der Waals surface area contributed by atoms with Gasteiger partial charge in [-0.25, -0.2) is 0 Å². The van der Waals surface area contributed by atoms with Crippen molar-refractivity contribution in [3.05, 3.63) is 99.8 Å². The minimum Gasteiger partial charge on any atom is -0.490 e. The Kier molecular flexibility index (Phi) is 8.93. The summed E-state index contributed by atoms with van der Waals surface area (Å²) in [6.45, 7) is 5.82. The molecule has 0 spiro atoms. The van der Waals surface area contributed by atoms with Crippen molar-refractivity contribution in [1.29, 1.82) is 0 Å². The number of benzene rings is 3. The predicted molar refractivity (Wildman–Crippen MR) is 145 cm³/mol. The number of ether oxygens (including phenoxy) is 3. The van der Waals surface area contributed by atoms with Crippen molar-refractivity contribution in [3.63, 3.8) is 0 Å². The zero-order valence-corrected chi connectivity index (χ0v) is 22.1. The van der Waals surface area contributed by atoms with Crippen LogP contribution in [0.1, 0.15) is 35.3 Å². The number of carbonyl (C=O) groups is 1. The minimum absolute atomic E-state index is 0.229. The summed E-state index contributed by atoms with van der Waals surface area (Å²) in [5.74, 6) is 1.73. The van der Waals surface area contributed by atoms with Crippen LogP contribution >= 0.6 is 23.2 Å². The lowest BCUT2D eigenvalue weighted by Gasteiger charge is -2.12. The summed E-state index contributed by atoms with van der Waals surface area (Å²) in [7, 11) is 0. The fourth-order valence-electron chi connectivity index (χ4n) is 3.60. The topological polar surface area (TPSA) is 74.6 Å². The first-order valence-electron chi connectivity index (χ1n) is 11.8. The second-order valence-corrected chi connectivity index (χ2v) is 8.93. The molecule has 37 heavy (non-hydrogen) atoms. The molecule has 192 valence electrons. The number of nitrogens with one attached hydrogen (secondary N) is 1. The van der Waals surface area contributed by atoms with Gasteiger partial charge in [-0.15, -0.1) is 0 Å². The third-order valence-electron chi connectivity index (χ3n) is 5.35. The zero-order valence-electron chi connectivity index (χ0n) is 20.5. The van der Waals surface area contributed by atoms with Crippen LogP contribution in [-0.2, 0) is 13.2 Å². The molecule has 0 atom stereocenters. The number of hydrogen-bond donors (Lipinski definition) is 1. The number of rotatable bonds is 11. The van der Waals surface area contributed by atoms with Crippen molar-refractivity contribution in [1.82, 2.24) is 9.78 Å². The first-order valence-corrected chi connectivity index (χ1v) is 12.6. The van der Waals surface area contributed by atoms with E-state index in [-0.39, 0.29) is 5.91 Å². The van der Waals surface area contributed by atoms with E-state index < -0.39 is 0 Å². The molecule has 0 bridgehead atoms. The van der Waals surface area contributed by atoms with E-state index in [0.29, 0.717) is 64.9 Å². The Labute approximate surface area is 225 Å². The molecule has 4 rings (SSSR count). The summed E-state index contributed by atoms with van der Waals surface area (Å²) in [5, 5.41) is 8.24. The Morgan fingerprint density at radius 2 is 1.57 bits per heavy atom. The molecular formula is C28H27Cl2N3O4. The monoisotopic (exact) mass is 539 g/mol. The molecule has 0 aliphatic carbocycles. The van der Waals surface area contributed by atoms with Gasteiger partial charge in [-0.05, 0) is 67.4 Å². The van der Waals surface area contributed by atoms with Gasteiger partial charge in [0.1, 0.15) is 12.4 Å². The van der Waals surface area contributed by atoms with Gasteiger partial charge in [0.05, 0.1) is 36.7 Å². The maximum absolute atomic E-state index is 12.7. The van der Waals surface area contributed by atoms with Crippen LogP contribution in [0.15, 0.2) is 73.1 Å². The summed E-state index contributed by atoms with van der Waals surface area (Å²) >= 11 is 12.1. The van der Waals surface area contributed by atoms with Gasteiger partial charge < -0.3 is 19.5 Å². The Hall–Kier alpha value is -3.68. The normalized spacial score (nSPS) is 10.7. The van der Waals surface area contributed by atoms with Crippen LogP contribution in [0.4, 0.5) is 5.69 Å². The number of anilines is 1. The second-order valence-electron chi connectivity index (χ2n) is 8.09. The first kappa shape index (κ1) is 26.4. The van der Waals surface area contributed by atoms with Crippen LogP contribution in [0.2, 0.25) is 10.0 Å². The minimum atomic E-state index is -0.229. The number of carbonyl (C=O) groups excluding carboxylic acids is 1. The van der Waals surface area contributed by atoms with E-state index in [4.69, 9.17) is 37.4 Å². The Balaban J connectivity index is 1.33. The fourth-order valence-corrected chi connectivity index (χ4v) is 4.07. The predicted octanol–water partition coefficient (Wildman–Crippen LogP) is 6.87. The van der Waals surface area contributed by atoms with Crippen LogP contribution in [0, 0.1) is 0 Å². The highest BCUT2D eigenvalue weighted by molar-refractivity contribution is 6.35. The van der Waals surface area contributed by atoms with E-state index >= 15 is 0 Å². The Morgan fingerprint density at radius 1 is 0.865 bits per heavy atom. The van der Waals surface area contributed by atoms with Crippen LogP contribution in [0.3, 0.4) is 0 Å². The van der Waals surface area contributed by atoms with Crippen molar-refractivity contribution in [2.45, 2.75) is 27.0 Å².